The maximum absolute atomic E-state index is 11.4. The van der Waals surface area contributed by atoms with Crippen LogP contribution in [0, 0.1) is 0 Å². The quantitative estimate of drug-likeness (QED) is 0.653. The van der Waals surface area contributed by atoms with Gasteiger partial charge in [-0.05, 0) is 6.26 Å². The lowest BCUT2D eigenvalue weighted by Gasteiger charge is -1.89. The van der Waals surface area contributed by atoms with Crippen molar-refractivity contribution in [3.8, 4) is 0 Å². The molecule has 74 valence electrons. The van der Waals surface area contributed by atoms with E-state index in [9.17, 15) is 4.79 Å². The molecule has 0 aliphatic rings. The van der Waals surface area contributed by atoms with Crippen molar-refractivity contribution < 1.29 is 0 Å². The van der Waals surface area contributed by atoms with Crippen LogP contribution in [0.25, 0.3) is 11.2 Å². The molecule has 0 fully saturated rings. The first-order valence-corrected chi connectivity index (χ1v) is 5.33. The molecule has 0 bridgehead atoms. The third kappa shape index (κ3) is 1.46. The molecule has 2 aromatic rings. The maximum atomic E-state index is 11.4. The lowest BCUT2D eigenvalue weighted by molar-refractivity contribution is 1.13. The summed E-state index contributed by atoms with van der Waals surface area (Å²) in [6.07, 6.45) is 1.96. The first-order chi connectivity index (χ1) is 6.70. The van der Waals surface area contributed by atoms with Gasteiger partial charge in [0.05, 0.1) is 5.75 Å². The number of hydrogen-bond acceptors (Lipinski definition) is 5. The maximum Gasteiger partial charge on any atom is 0.278 e. The minimum Gasteiger partial charge on any atom is -0.369 e. The van der Waals surface area contributed by atoms with Crippen molar-refractivity contribution in [2.24, 2.45) is 0 Å². The Hall–Kier alpha value is -1.50. The fourth-order valence-electron chi connectivity index (χ4n) is 1.18. The lowest BCUT2D eigenvalue weighted by atomic mass is 10.5. The highest BCUT2D eigenvalue weighted by Gasteiger charge is 2.07. The molecule has 0 saturated carbocycles. The molecule has 0 aromatic carbocycles. The van der Waals surface area contributed by atoms with Crippen LogP contribution in [0.15, 0.2) is 4.79 Å². The SMILES string of the molecule is CSCc1nc2nc(N)[nH]c(=O)c2[nH]1. The summed E-state index contributed by atoms with van der Waals surface area (Å²) < 4.78 is 0. The van der Waals surface area contributed by atoms with Gasteiger partial charge in [0.25, 0.3) is 5.56 Å². The fourth-order valence-corrected chi connectivity index (χ4v) is 1.59. The Morgan fingerprint density at radius 3 is 2.93 bits per heavy atom. The number of thioether (sulfide) groups is 1. The number of rotatable bonds is 2. The van der Waals surface area contributed by atoms with E-state index in [1.54, 1.807) is 11.8 Å². The van der Waals surface area contributed by atoms with Gasteiger partial charge < -0.3 is 10.7 Å². The molecule has 0 amide bonds. The van der Waals surface area contributed by atoms with Crippen LogP contribution in [0.4, 0.5) is 5.95 Å². The van der Waals surface area contributed by atoms with Crippen LogP contribution >= 0.6 is 11.8 Å². The minimum absolute atomic E-state index is 0.0877. The zero-order chi connectivity index (χ0) is 10.1. The van der Waals surface area contributed by atoms with Crippen molar-refractivity contribution in [1.29, 1.82) is 0 Å². The summed E-state index contributed by atoms with van der Waals surface area (Å²) in [5, 5.41) is 0. The Morgan fingerprint density at radius 2 is 2.21 bits per heavy atom. The zero-order valence-corrected chi connectivity index (χ0v) is 8.31. The number of nitrogens with one attached hydrogen (secondary N) is 2. The summed E-state index contributed by atoms with van der Waals surface area (Å²) in [6, 6.07) is 0. The van der Waals surface area contributed by atoms with E-state index in [4.69, 9.17) is 5.73 Å². The second-order valence-electron chi connectivity index (χ2n) is 2.77. The summed E-state index contributed by atoms with van der Waals surface area (Å²) in [4.78, 5) is 24.7. The van der Waals surface area contributed by atoms with Crippen molar-refractivity contribution in [3.63, 3.8) is 0 Å². The number of imidazole rings is 1. The second-order valence-corrected chi connectivity index (χ2v) is 3.63. The molecule has 0 atom stereocenters. The van der Waals surface area contributed by atoms with Gasteiger partial charge in [-0.2, -0.15) is 16.7 Å². The van der Waals surface area contributed by atoms with Gasteiger partial charge >= 0.3 is 0 Å². The molecule has 0 aliphatic carbocycles. The number of nitrogen functional groups attached to an aromatic ring is 1. The molecule has 0 spiro atoms. The Bertz CT molecular complexity index is 516. The van der Waals surface area contributed by atoms with Gasteiger partial charge in [-0.15, -0.1) is 0 Å². The predicted molar refractivity (Wildman–Crippen MR) is 56.1 cm³/mol. The van der Waals surface area contributed by atoms with Crippen molar-refractivity contribution in [1.82, 2.24) is 19.9 Å². The van der Waals surface area contributed by atoms with E-state index in [0.717, 1.165) is 11.6 Å². The van der Waals surface area contributed by atoms with Gasteiger partial charge in [-0.1, -0.05) is 0 Å². The molecule has 2 aromatic heterocycles. The van der Waals surface area contributed by atoms with E-state index in [-0.39, 0.29) is 11.5 Å². The lowest BCUT2D eigenvalue weighted by Crippen LogP contribution is -2.10. The average molecular weight is 211 g/mol. The molecule has 4 N–H and O–H groups in total. The first kappa shape index (κ1) is 9.07. The van der Waals surface area contributed by atoms with Crippen LogP contribution in [-0.2, 0) is 5.75 Å². The van der Waals surface area contributed by atoms with E-state index in [2.05, 4.69) is 19.9 Å². The number of fused-ring (bicyclic) bond motifs is 1. The van der Waals surface area contributed by atoms with Gasteiger partial charge in [0, 0.05) is 0 Å². The van der Waals surface area contributed by atoms with Crippen molar-refractivity contribution in [2.75, 3.05) is 12.0 Å². The number of hydrogen-bond donors (Lipinski definition) is 3. The number of aromatic amines is 2. The molecular weight excluding hydrogens is 202 g/mol. The summed E-state index contributed by atoms with van der Waals surface area (Å²) in [7, 11) is 0. The molecule has 0 unspecified atom stereocenters. The van der Waals surface area contributed by atoms with E-state index in [1.807, 2.05) is 6.26 Å². The highest BCUT2D eigenvalue weighted by atomic mass is 32.2. The molecular formula is C7H9N5OS. The van der Waals surface area contributed by atoms with E-state index < -0.39 is 0 Å². The zero-order valence-electron chi connectivity index (χ0n) is 7.50. The van der Waals surface area contributed by atoms with Gasteiger partial charge in [0.1, 0.15) is 5.82 Å². The first-order valence-electron chi connectivity index (χ1n) is 3.94. The number of nitrogens with two attached hydrogens (primary N) is 1. The second kappa shape index (κ2) is 3.33. The summed E-state index contributed by atoms with van der Waals surface area (Å²) in [6.45, 7) is 0. The molecule has 7 heteroatoms. The van der Waals surface area contributed by atoms with Crippen LogP contribution in [0.1, 0.15) is 5.82 Å². The summed E-state index contributed by atoms with van der Waals surface area (Å²) >= 11 is 1.61. The van der Waals surface area contributed by atoms with Gasteiger partial charge in [-0.3, -0.25) is 9.78 Å². The largest absolute Gasteiger partial charge is 0.369 e. The van der Waals surface area contributed by atoms with E-state index in [0.29, 0.717) is 11.2 Å². The van der Waals surface area contributed by atoms with Crippen molar-refractivity contribution in [3.05, 3.63) is 16.2 Å². The summed E-state index contributed by atoms with van der Waals surface area (Å²) in [5.41, 5.74) is 5.85. The number of H-pyrrole nitrogens is 2. The van der Waals surface area contributed by atoms with Crippen LogP contribution in [0.2, 0.25) is 0 Å². The molecule has 2 rings (SSSR count). The Kier molecular flexibility index (Phi) is 2.16. The predicted octanol–water partition coefficient (Wildman–Crippen LogP) is 0.0914. The third-order valence-electron chi connectivity index (χ3n) is 1.71. The number of nitrogens with zero attached hydrogens (tertiary/aromatic N) is 2. The Morgan fingerprint density at radius 1 is 1.43 bits per heavy atom. The topological polar surface area (TPSA) is 100 Å². The fraction of sp³-hybridized carbons (Fsp3) is 0.286. The van der Waals surface area contributed by atoms with Crippen LogP contribution in [0.5, 0.6) is 0 Å². The number of aromatic nitrogens is 4. The molecule has 0 radical (unpaired) electrons. The third-order valence-corrected chi connectivity index (χ3v) is 2.27. The molecule has 0 aliphatic heterocycles. The van der Waals surface area contributed by atoms with Crippen molar-refractivity contribution in [2.45, 2.75) is 5.75 Å². The number of anilines is 1. The Labute approximate surface area is 83.3 Å². The molecule has 14 heavy (non-hydrogen) atoms. The molecule has 6 nitrogen and oxygen atoms in total. The standard InChI is InChI=1S/C7H9N5OS/c1-14-2-3-9-4-5(10-3)11-7(8)12-6(4)13/h2H2,1H3,(H4,8,9,10,11,12,13). The highest BCUT2D eigenvalue weighted by Crippen LogP contribution is 2.09. The average Bonchev–Trinajstić information content (AvgIpc) is 2.48. The minimum atomic E-state index is -0.285. The highest BCUT2D eigenvalue weighted by molar-refractivity contribution is 7.97. The van der Waals surface area contributed by atoms with Gasteiger partial charge in [-0.25, -0.2) is 4.98 Å². The van der Waals surface area contributed by atoms with E-state index in [1.165, 1.54) is 0 Å². The van der Waals surface area contributed by atoms with Gasteiger partial charge in [0.15, 0.2) is 11.2 Å². The molecule has 0 saturated heterocycles. The summed E-state index contributed by atoms with van der Waals surface area (Å²) in [5.74, 6) is 1.54. The molecule has 2 heterocycles. The Balaban J connectivity index is 2.65. The van der Waals surface area contributed by atoms with E-state index >= 15 is 0 Å². The van der Waals surface area contributed by atoms with Crippen molar-refractivity contribution >= 4 is 28.9 Å². The monoisotopic (exact) mass is 211 g/mol. The van der Waals surface area contributed by atoms with Crippen LogP contribution in [-0.4, -0.2) is 26.2 Å². The van der Waals surface area contributed by atoms with Crippen LogP contribution < -0.4 is 11.3 Å². The van der Waals surface area contributed by atoms with Crippen LogP contribution in [0.3, 0.4) is 0 Å². The normalized spacial score (nSPS) is 10.9. The smallest absolute Gasteiger partial charge is 0.278 e. The van der Waals surface area contributed by atoms with Gasteiger partial charge in [0.2, 0.25) is 5.95 Å².